The Kier molecular flexibility index (Phi) is 2.29. The Morgan fingerprint density at radius 3 is 2.12 bits per heavy atom. The smallest absolute Gasteiger partial charge is 0.103 e. The standard InChI is InChI=1S/C15H16N2/c1-12-16(2)14-10-6-7-11-15(14)17(12)13-8-4-3-5-9-13/h3-12H,1-2H3/t12-/m0/s1. The molecule has 0 saturated carbocycles. The number of nitrogens with zero attached hydrogens (tertiary/aromatic N) is 2. The SMILES string of the molecule is C[C@H]1N(C)c2ccccc2N1c1ccccc1. The third-order valence-electron chi connectivity index (χ3n) is 3.49. The molecule has 3 rings (SSSR count). The van der Waals surface area contributed by atoms with E-state index in [1.165, 1.54) is 17.1 Å². The van der Waals surface area contributed by atoms with E-state index in [1.54, 1.807) is 0 Å². The van der Waals surface area contributed by atoms with Gasteiger partial charge in [-0.2, -0.15) is 0 Å². The Balaban J connectivity index is 2.13. The number of hydrogen-bond donors (Lipinski definition) is 0. The van der Waals surface area contributed by atoms with Crippen molar-refractivity contribution in [1.82, 2.24) is 0 Å². The van der Waals surface area contributed by atoms with E-state index in [1.807, 2.05) is 0 Å². The molecule has 0 bridgehead atoms. The van der Waals surface area contributed by atoms with Crippen LogP contribution in [0.1, 0.15) is 6.92 Å². The molecule has 2 aromatic carbocycles. The van der Waals surface area contributed by atoms with Gasteiger partial charge in [0, 0.05) is 12.7 Å². The Morgan fingerprint density at radius 2 is 1.41 bits per heavy atom. The van der Waals surface area contributed by atoms with E-state index in [4.69, 9.17) is 0 Å². The first-order valence-corrected chi connectivity index (χ1v) is 5.95. The van der Waals surface area contributed by atoms with Crippen LogP contribution in [0.4, 0.5) is 17.1 Å². The van der Waals surface area contributed by atoms with Crippen LogP contribution in [-0.4, -0.2) is 13.2 Å². The molecule has 86 valence electrons. The molecular weight excluding hydrogens is 208 g/mol. The van der Waals surface area contributed by atoms with Gasteiger partial charge in [-0.1, -0.05) is 30.3 Å². The maximum Gasteiger partial charge on any atom is 0.103 e. The summed E-state index contributed by atoms with van der Waals surface area (Å²) >= 11 is 0. The zero-order valence-electron chi connectivity index (χ0n) is 10.2. The average Bonchev–Trinajstić information content (AvgIpc) is 2.64. The number of hydrogen-bond acceptors (Lipinski definition) is 2. The minimum absolute atomic E-state index is 0.356. The van der Waals surface area contributed by atoms with Gasteiger partial charge in [0.2, 0.25) is 0 Å². The molecule has 2 aromatic rings. The van der Waals surface area contributed by atoms with Gasteiger partial charge in [-0.05, 0) is 31.2 Å². The summed E-state index contributed by atoms with van der Waals surface area (Å²) in [6.45, 7) is 2.23. The number of para-hydroxylation sites is 3. The van der Waals surface area contributed by atoms with Crippen LogP contribution in [0.5, 0.6) is 0 Å². The predicted molar refractivity (Wildman–Crippen MR) is 72.9 cm³/mol. The van der Waals surface area contributed by atoms with Crippen molar-refractivity contribution in [3.8, 4) is 0 Å². The second-order valence-electron chi connectivity index (χ2n) is 4.44. The van der Waals surface area contributed by atoms with Crippen molar-refractivity contribution in [2.24, 2.45) is 0 Å². The van der Waals surface area contributed by atoms with Crippen molar-refractivity contribution >= 4 is 17.1 Å². The highest BCUT2D eigenvalue weighted by molar-refractivity contribution is 5.83. The number of rotatable bonds is 1. The Bertz CT molecular complexity index is 521. The highest BCUT2D eigenvalue weighted by Gasteiger charge is 2.30. The maximum atomic E-state index is 2.37. The Labute approximate surface area is 102 Å². The number of anilines is 3. The van der Waals surface area contributed by atoms with Crippen LogP contribution in [0.2, 0.25) is 0 Å². The van der Waals surface area contributed by atoms with E-state index in [-0.39, 0.29) is 0 Å². The first-order chi connectivity index (χ1) is 8.29. The fourth-order valence-electron chi connectivity index (χ4n) is 2.49. The summed E-state index contributed by atoms with van der Waals surface area (Å²) in [5, 5.41) is 0. The lowest BCUT2D eigenvalue weighted by atomic mass is 10.2. The minimum atomic E-state index is 0.356. The second kappa shape index (κ2) is 3.81. The molecule has 0 radical (unpaired) electrons. The van der Waals surface area contributed by atoms with Gasteiger partial charge in [-0.25, -0.2) is 0 Å². The summed E-state index contributed by atoms with van der Waals surface area (Å²) in [4.78, 5) is 4.68. The molecule has 2 heteroatoms. The highest BCUT2D eigenvalue weighted by atomic mass is 15.4. The summed E-state index contributed by atoms with van der Waals surface area (Å²) in [5.41, 5.74) is 3.83. The molecule has 0 aliphatic carbocycles. The topological polar surface area (TPSA) is 6.48 Å². The summed E-state index contributed by atoms with van der Waals surface area (Å²) in [6.07, 6.45) is 0.356. The molecule has 1 heterocycles. The van der Waals surface area contributed by atoms with Crippen molar-refractivity contribution in [2.45, 2.75) is 13.1 Å². The third kappa shape index (κ3) is 1.48. The summed E-state index contributed by atoms with van der Waals surface area (Å²) < 4.78 is 0. The first kappa shape index (κ1) is 10.2. The molecule has 1 aliphatic rings. The Hall–Kier alpha value is -1.96. The fraction of sp³-hybridized carbons (Fsp3) is 0.200. The number of benzene rings is 2. The van der Waals surface area contributed by atoms with Crippen LogP contribution in [0.15, 0.2) is 54.6 Å². The van der Waals surface area contributed by atoms with Crippen molar-refractivity contribution < 1.29 is 0 Å². The molecule has 0 spiro atoms. The molecule has 0 amide bonds. The van der Waals surface area contributed by atoms with Crippen LogP contribution >= 0.6 is 0 Å². The van der Waals surface area contributed by atoms with Gasteiger partial charge in [0.05, 0.1) is 11.4 Å². The second-order valence-corrected chi connectivity index (χ2v) is 4.44. The summed E-state index contributed by atoms with van der Waals surface area (Å²) in [6, 6.07) is 19.1. The van der Waals surface area contributed by atoms with Gasteiger partial charge < -0.3 is 9.80 Å². The molecule has 0 fully saturated rings. The molecule has 1 aliphatic heterocycles. The highest BCUT2D eigenvalue weighted by Crippen LogP contribution is 2.42. The summed E-state index contributed by atoms with van der Waals surface area (Å²) in [5.74, 6) is 0. The molecule has 2 nitrogen and oxygen atoms in total. The first-order valence-electron chi connectivity index (χ1n) is 5.95. The van der Waals surface area contributed by atoms with Gasteiger partial charge in [-0.15, -0.1) is 0 Å². The molecular formula is C15H16N2. The van der Waals surface area contributed by atoms with Gasteiger partial charge in [0.25, 0.3) is 0 Å². The lowest BCUT2D eigenvalue weighted by Gasteiger charge is -2.27. The lowest BCUT2D eigenvalue weighted by Crippen LogP contribution is -2.35. The fourth-order valence-corrected chi connectivity index (χ4v) is 2.49. The van der Waals surface area contributed by atoms with Crippen molar-refractivity contribution in [3.05, 3.63) is 54.6 Å². The molecule has 0 aromatic heterocycles. The van der Waals surface area contributed by atoms with Crippen LogP contribution in [0.25, 0.3) is 0 Å². The van der Waals surface area contributed by atoms with Crippen LogP contribution < -0.4 is 9.80 Å². The van der Waals surface area contributed by atoms with Crippen LogP contribution in [0, 0.1) is 0 Å². The molecule has 0 N–H and O–H groups in total. The monoisotopic (exact) mass is 224 g/mol. The predicted octanol–water partition coefficient (Wildman–Crippen LogP) is 3.62. The zero-order valence-corrected chi connectivity index (χ0v) is 10.2. The van der Waals surface area contributed by atoms with E-state index in [0.717, 1.165) is 0 Å². The third-order valence-corrected chi connectivity index (χ3v) is 3.49. The lowest BCUT2D eigenvalue weighted by molar-refractivity contribution is 0.734. The van der Waals surface area contributed by atoms with E-state index in [9.17, 15) is 0 Å². The molecule has 1 atom stereocenters. The van der Waals surface area contributed by atoms with E-state index >= 15 is 0 Å². The Morgan fingerprint density at radius 1 is 0.824 bits per heavy atom. The van der Waals surface area contributed by atoms with Crippen molar-refractivity contribution in [1.29, 1.82) is 0 Å². The minimum Gasteiger partial charge on any atom is -0.353 e. The van der Waals surface area contributed by atoms with Gasteiger partial charge >= 0.3 is 0 Å². The average molecular weight is 224 g/mol. The van der Waals surface area contributed by atoms with Gasteiger partial charge in [-0.3, -0.25) is 0 Å². The van der Waals surface area contributed by atoms with E-state index in [2.05, 4.69) is 78.4 Å². The quantitative estimate of drug-likeness (QED) is 0.730. The largest absolute Gasteiger partial charge is 0.353 e. The van der Waals surface area contributed by atoms with Gasteiger partial charge in [0.1, 0.15) is 6.17 Å². The van der Waals surface area contributed by atoms with E-state index in [0.29, 0.717) is 6.17 Å². The number of fused-ring (bicyclic) bond motifs is 1. The molecule has 17 heavy (non-hydrogen) atoms. The van der Waals surface area contributed by atoms with Crippen LogP contribution in [-0.2, 0) is 0 Å². The van der Waals surface area contributed by atoms with Crippen molar-refractivity contribution in [3.63, 3.8) is 0 Å². The summed E-state index contributed by atoms with van der Waals surface area (Å²) in [7, 11) is 2.15. The van der Waals surface area contributed by atoms with Crippen LogP contribution in [0.3, 0.4) is 0 Å². The molecule has 0 saturated heterocycles. The zero-order chi connectivity index (χ0) is 11.8. The molecule has 0 unspecified atom stereocenters. The van der Waals surface area contributed by atoms with E-state index < -0.39 is 0 Å². The maximum absolute atomic E-state index is 2.37. The van der Waals surface area contributed by atoms with Gasteiger partial charge in [0.15, 0.2) is 0 Å². The normalized spacial score (nSPS) is 18.4. The van der Waals surface area contributed by atoms with Crippen molar-refractivity contribution in [2.75, 3.05) is 16.8 Å².